The summed E-state index contributed by atoms with van der Waals surface area (Å²) in [5, 5.41) is 0. The van der Waals surface area contributed by atoms with Crippen LogP contribution < -0.4 is 9.44 Å². The van der Waals surface area contributed by atoms with Gasteiger partial charge >= 0.3 is 10.2 Å². The van der Waals surface area contributed by atoms with Gasteiger partial charge in [-0.2, -0.15) is 8.42 Å². The number of benzene rings is 1. The molecule has 0 saturated heterocycles. The van der Waals surface area contributed by atoms with Crippen LogP contribution in [0.4, 0.5) is 11.6 Å². The second-order valence-electron chi connectivity index (χ2n) is 3.12. The van der Waals surface area contributed by atoms with Crippen LogP contribution in [0.1, 0.15) is 0 Å². The van der Waals surface area contributed by atoms with Crippen LogP contribution in [0, 0.1) is 0 Å². The zero-order chi connectivity index (χ0) is 10.5. The molecule has 7 heteroatoms. The highest BCUT2D eigenvalue weighted by Crippen LogP contribution is 2.27. The summed E-state index contributed by atoms with van der Waals surface area (Å²) < 4.78 is 26.8. The van der Waals surface area contributed by atoms with Gasteiger partial charge in [0.25, 0.3) is 0 Å². The van der Waals surface area contributed by atoms with E-state index < -0.39 is 10.2 Å². The van der Waals surface area contributed by atoms with Gasteiger partial charge in [0.2, 0.25) is 0 Å². The molecule has 1 aromatic carbocycles. The summed E-state index contributed by atoms with van der Waals surface area (Å²) in [5.74, 6) is 0.488. The van der Waals surface area contributed by atoms with E-state index in [1.807, 2.05) is 12.1 Å². The van der Waals surface area contributed by atoms with Crippen molar-refractivity contribution in [2.24, 2.45) is 0 Å². The Labute approximate surface area is 85.5 Å². The Morgan fingerprint density at radius 1 is 0.933 bits per heavy atom. The van der Waals surface area contributed by atoms with Gasteiger partial charge < -0.3 is 0 Å². The molecule has 6 nitrogen and oxygen atoms in total. The van der Waals surface area contributed by atoms with Crippen LogP contribution in [-0.4, -0.2) is 18.4 Å². The topological polar surface area (TPSA) is 84.0 Å². The summed E-state index contributed by atoms with van der Waals surface area (Å²) in [6.45, 7) is 0. The lowest BCUT2D eigenvalue weighted by atomic mass is 10.3. The summed E-state index contributed by atoms with van der Waals surface area (Å²) in [6, 6.07) is 7.19. The SMILES string of the molecule is O=S1(=O)Nc2nc3ccccc3nc2N1. The fraction of sp³-hybridized carbons (Fsp3) is 0. The second kappa shape index (κ2) is 2.57. The van der Waals surface area contributed by atoms with E-state index in [1.165, 1.54) is 0 Å². The molecule has 0 bridgehead atoms. The van der Waals surface area contributed by atoms with Crippen molar-refractivity contribution in [2.45, 2.75) is 0 Å². The summed E-state index contributed by atoms with van der Waals surface area (Å²) in [4.78, 5) is 8.27. The first-order valence-electron chi connectivity index (χ1n) is 4.21. The number of rotatable bonds is 0. The van der Waals surface area contributed by atoms with Crippen LogP contribution in [-0.2, 0) is 10.2 Å². The number of anilines is 2. The number of para-hydroxylation sites is 2. The minimum atomic E-state index is -3.51. The number of hydrogen-bond donors (Lipinski definition) is 2. The second-order valence-corrected chi connectivity index (χ2v) is 4.53. The summed E-state index contributed by atoms with van der Waals surface area (Å²) in [5.41, 5.74) is 1.31. The highest BCUT2D eigenvalue weighted by molar-refractivity contribution is 7.94. The van der Waals surface area contributed by atoms with Gasteiger partial charge in [-0.1, -0.05) is 12.1 Å². The Morgan fingerprint density at radius 2 is 1.40 bits per heavy atom. The van der Waals surface area contributed by atoms with Crippen molar-refractivity contribution >= 4 is 32.9 Å². The smallest absolute Gasteiger partial charge is 0.247 e. The van der Waals surface area contributed by atoms with Crippen LogP contribution in [0.2, 0.25) is 0 Å². The predicted molar refractivity (Wildman–Crippen MR) is 55.7 cm³/mol. The average molecular weight is 222 g/mol. The third-order valence-electron chi connectivity index (χ3n) is 2.03. The Hall–Kier alpha value is -1.89. The van der Waals surface area contributed by atoms with Crippen molar-refractivity contribution in [3.63, 3.8) is 0 Å². The Kier molecular flexibility index (Phi) is 1.44. The number of aromatic nitrogens is 2. The number of nitrogens with one attached hydrogen (secondary N) is 2. The highest BCUT2D eigenvalue weighted by Gasteiger charge is 2.25. The predicted octanol–water partition coefficient (Wildman–Crippen LogP) is 0.712. The molecular weight excluding hydrogens is 216 g/mol. The number of hydrogen-bond acceptors (Lipinski definition) is 4. The third kappa shape index (κ3) is 1.28. The molecule has 0 amide bonds. The van der Waals surface area contributed by atoms with Crippen molar-refractivity contribution < 1.29 is 8.42 Å². The molecule has 76 valence electrons. The maximum atomic E-state index is 11.2. The van der Waals surface area contributed by atoms with E-state index >= 15 is 0 Å². The van der Waals surface area contributed by atoms with Crippen LogP contribution in [0.25, 0.3) is 11.0 Å². The fourth-order valence-corrected chi connectivity index (χ4v) is 2.27. The van der Waals surface area contributed by atoms with Gasteiger partial charge in [-0.25, -0.2) is 19.4 Å². The molecule has 2 aromatic rings. The van der Waals surface area contributed by atoms with E-state index in [4.69, 9.17) is 0 Å². The lowest BCUT2D eigenvalue weighted by molar-refractivity contribution is 0.607. The van der Waals surface area contributed by atoms with Gasteiger partial charge in [0.1, 0.15) is 0 Å². The van der Waals surface area contributed by atoms with Crippen LogP contribution in [0.15, 0.2) is 24.3 Å². The van der Waals surface area contributed by atoms with Crippen LogP contribution in [0.3, 0.4) is 0 Å². The third-order valence-corrected chi connectivity index (χ3v) is 2.96. The van der Waals surface area contributed by atoms with E-state index in [9.17, 15) is 8.42 Å². The minimum absolute atomic E-state index is 0.244. The molecule has 0 spiro atoms. The molecule has 1 aliphatic rings. The first-order valence-corrected chi connectivity index (χ1v) is 5.70. The summed E-state index contributed by atoms with van der Waals surface area (Å²) in [6.07, 6.45) is 0. The van der Waals surface area contributed by atoms with Crippen LogP contribution >= 0.6 is 0 Å². The van der Waals surface area contributed by atoms with Crippen molar-refractivity contribution in [3.8, 4) is 0 Å². The molecule has 2 N–H and O–H groups in total. The number of fused-ring (bicyclic) bond motifs is 2. The van der Waals surface area contributed by atoms with E-state index in [1.54, 1.807) is 12.1 Å². The molecular formula is C8H6N4O2S. The standard InChI is InChI=1S/C8H6N4O2S/c13-15(14)11-7-8(12-15)10-6-4-2-1-3-5(6)9-7/h1-4H,(H,9,11)(H,10,12). The van der Waals surface area contributed by atoms with Crippen molar-refractivity contribution in [1.29, 1.82) is 0 Å². The van der Waals surface area contributed by atoms with Gasteiger partial charge in [-0.15, -0.1) is 0 Å². The monoisotopic (exact) mass is 222 g/mol. The van der Waals surface area contributed by atoms with Crippen molar-refractivity contribution in [3.05, 3.63) is 24.3 Å². The fourth-order valence-electron chi connectivity index (χ4n) is 1.42. The quantitative estimate of drug-likeness (QED) is 0.687. The summed E-state index contributed by atoms with van der Waals surface area (Å²) in [7, 11) is -3.51. The highest BCUT2D eigenvalue weighted by atomic mass is 32.2. The van der Waals surface area contributed by atoms with Gasteiger partial charge in [-0.05, 0) is 12.1 Å². The van der Waals surface area contributed by atoms with Crippen molar-refractivity contribution in [2.75, 3.05) is 9.44 Å². The van der Waals surface area contributed by atoms with E-state index in [0.29, 0.717) is 11.0 Å². The molecule has 1 aromatic heterocycles. The zero-order valence-electron chi connectivity index (χ0n) is 7.43. The Balaban J connectivity index is 2.32. The van der Waals surface area contributed by atoms with Gasteiger partial charge in [0, 0.05) is 0 Å². The molecule has 1 aliphatic heterocycles. The van der Waals surface area contributed by atoms with Gasteiger partial charge in [-0.3, -0.25) is 0 Å². The molecule has 0 aliphatic carbocycles. The van der Waals surface area contributed by atoms with Crippen LogP contribution in [0.5, 0.6) is 0 Å². The normalized spacial score (nSPS) is 16.8. The lowest BCUT2D eigenvalue weighted by Crippen LogP contribution is -2.13. The molecule has 3 rings (SSSR count). The molecule has 2 heterocycles. The van der Waals surface area contributed by atoms with Gasteiger partial charge in [0.15, 0.2) is 11.6 Å². The van der Waals surface area contributed by atoms with E-state index in [2.05, 4.69) is 19.4 Å². The van der Waals surface area contributed by atoms with Gasteiger partial charge in [0.05, 0.1) is 11.0 Å². The maximum Gasteiger partial charge on any atom is 0.324 e. The molecule has 0 saturated carbocycles. The molecule has 0 radical (unpaired) electrons. The first kappa shape index (κ1) is 8.42. The Morgan fingerprint density at radius 3 is 1.87 bits per heavy atom. The summed E-state index contributed by atoms with van der Waals surface area (Å²) >= 11 is 0. The van der Waals surface area contributed by atoms with E-state index in [-0.39, 0.29) is 11.6 Å². The maximum absolute atomic E-state index is 11.2. The van der Waals surface area contributed by atoms with E-state index in [0.717, 1.165) is 0 Å². The molecule has 0 fully saturated rings. The average Bonchev–Trinajstić information content (AvgIpc) is 2.46. The minimum Gasteiger partial charge on any atom is -0.247 e. The first-order chi connectivity index (χ1) is 7.14. The molecule has 0 unspecified atom stereocenters. The Bertz CT molecular complexity index is 602. The number of nitrogens with zero attached hydrogens (tertiary/aromatic N) is 2. The largest absolute Gasteiger partial charge is 0.324 e. The molecule has 15 heavy (non-hydrogen) atoms. The zero-order valence-corrected chi connectivity index (χ0v) is 8.25. The lowest BCUT2D eigenvalue weighted by Gasteiger charge is -1.98. The van der Waals surface area contributed by atoms with Crippen molar-refractivity contribution in [1.82, 2.24) is 9.97 Å². The molecule has 0 atom stereocenters.